The van der Waals surface area contributed by atoms with Gasteiger partial charge in [-0.15, -0.1) is 0 Å². The van der Waals surface area contributed by atoms with Gasteiger partial charge in [0.2, 0.25) is 0 Å². The topological polar surface area (TPSA) is 42.7 Å². The van der Waals surface area contributed by atoms with Crippen LogP contribution in [0.4, 0.5) is 0 Å². The lowest BCUT2D eigenvalue weighted by atomic mass is 9.98. The molecule has 0 aliphatic carbocycles. The highest BCUT2D eigenvalue weighted by Gasteiger charge is 2.23. The fraction of sp³-hybridized carbons (Fsp3) is 0.444. The van der Waals surface area contributed by atoms with Crippen LogP contribution in [0.1, 0.15) is 68.1 Å². The number of furan rings is 1. The van der Waals surface area contributed by atoms with E-state index in [4.69, 9.17) is 9.15 Å². The van der Waals surface area contributed by atoms with Crippen molar-refractivity contribution in [2.24, 2.45) is 0 Å². The SMILES string of the molecule is CCCCc1oc2ccccc2c1C(=O)c1cc(I)c(OCCN(CCC)CCC)c(I)c1. The van der Waals surface area contributed by atoms with Crippen LogP contribution in [0.25, 0.3) is 11.0 Å². The number of fused-ring (bicyclic) bond motifs is 1. The minimum absolute atomic E-state index is 0.0190. The first-order valence-electron chi connectivity index (χ1n) is 11.9. The van der Waals surface area contributed by atoms with E-state index in [0.717, 1.165) is 81.4 Å². The standard InChI is InChI=1S/C27H33I2NO3/c1-4-7-11-24-25(20-10-8-9-12-23(20)33-24)26(31)19-17-21(28)27(22(29)18-19)32-16-15-30(13-5-2)14-6-3/h8-10,12,17-18H,4-7,11,13-16H2,1-3H3. The monoisotopic (exact) mass is 673 g/mol. The highest BCUT2D eigenvalue weighted by Crippen LogP contribution is 2.33. The van der Waals surface area contributed by atoms with E-state index in [2.05, 4.69) is 70.9 Å². The summed E-state index contributed by atoms with van der Waals surface area (Å²) in [6, 6.07) is 11.7. The van der Waals surface area contributed by atoms with Gasteiger partial charge in [0.1, 0.15) is 23.7 Å². The summed E-state index contributed by atoms with van der Waals surface area (Å²) in [5, 5.41) is 0.894. The van der Waals surface area contributed by atoms with Gasteiger partial charge in [0, 0.05) is 23.9 Å². The fourth-order valence-corrected chi connectivity index (χ4v) is 6.16. The van der Waals surface area contributed by atoms with Gasteiger partial charge in [-0.25, -0.2) is 0 Å². The molecule has 0 bridgehead atoms. The van der Waals surface area contributed by atoms with Crippen LogP contribution in [0.3, 0.4) is 0 Å². The molecule has 33 heavy (non-hydrogen) atoms. The van der Waals surface area contributed by atoms with Crippen LogP contribution in [0.15, 0.2) is 40.8 Å². The second kappa shape index (κ2) is 13.1. The molecule has 0 atom stereocenters. The number of rotatable bonds is 13. The fourth-order valence-electron chi connectivity index (χ4n) is 4.08. The van der Waals surface area contributed by atoms with Gasteiger partial charge in [0.05, 0.1) is 12.7 Å². The number of benzene rings is 2. The van der Waals surface area contributed by atoms with Gasteiger partial charge in [-0.1, -0.05) is 45.4 Å². The molecular formula is C27H33I2NO3. The number of halogens is 2. The van der Waals surface area contributed by atoms with Crippen LogP contribution >= 0.6 is 45.2 Å². The molecule has 6 heteroatoms. The van der Waals surface area contributed by atoms with Crippen molar-refractivity contribution in [1.82, 2.24) is 4.90 Å². The number of carbonyl (C=O) groups excluding carboxylic acids is 1. The summed E-state index contributed by atoms with van der Waals surface area (Å²) in [6.07, 6.45) is 5.12. The molecule has 0 amide bonds. The lowest BCUT2D eigenvalue weighted by Gasteiger charge is -2.21. The first kappa shape index (κ1) is 26.5. The zero-order valence-electron chi connectivity index (χ0n) is 19.8. The highest BCUT2D eigenvalue weighted by atomic mass is 127. The molecule has 3 aromatic rings. The van der Waals surface area contributed by atoms with Gasteiger partial charge < -0.3 is 9.15 Å². The van der Waals surface area contributed by atoms with Crippen LogP contribution < -0.4 is 4.74 Å². The van der Waals surface area contributed by atoms with Crippen molar-refractivity contribution in [2.75, 3.05) is 26.2 Å². The number of ketones is 1. The first-order chi connectivity index (χ1) is 16.0. The van der Waals surface area contributed by atoms with E-state index >= 15 is 0 Å². The summed E-state index contributed by atoms with van der Waals surface area (Å²) in [5.74, 6) is 1.68. The Kier molecular flexibility index (Phi) is 10.5. The second-order valence-electron chi connectivity index (χ2n) is 8.29. The average Bonchev–Trinajstić information content (AvgIpc) is 3.17. The van der Waals surface area contributed by atoms with E-state index in [1.54, 1.807) is 0 Å². The number of unbranched alkanes of at least 4 members (excludes halogenated alkanes) is 1. The van der Waals surface area contributed by atoms with Crippen LogP contribution in [0.5, 0.6) is 5.75 Å². The lowest BCUT2D eigenvalue weighted by molar-refractivity contribution is 0.103. The predicted molar refractivity (Wildman–Crippen MR) is 153 cm³/mol. The summed E-state index contributed by atoms with van der Waals surface area (Å²) < 4.78 is 14.2. The summed E-state index contributed by atoms with van der Waals surface area (Å²) in [4.78, 5) is 16.1. The molecule has 2 aromatic carbocycles. The molecule has 0 saturated heterocycles. The Morgan fingerprint density at radius 1 is 0.970 bits per heavy atom. The third kappa shape index (κ3) is 6.72. The molecule has 0 spiro atoms. The first-order valence-corrected chi connectivity index (χ1v) is 14.0. The molecule has 1 heterocycles. The molecule has 0 N–H and O–H groups in total. The van der Waals surface area contributed by atoms with E-state index in [1.165, 1.54) is 0 Å². The van der Waals surface area contributed by atoms with Gasteiger partial charge in [-0.3, -0.25) is 9.69 Å². The largest absolute Gasteiger partial charge is 0.490 e. The number of hydrogen-bond acceptors (Lipinski definition) is 4. The van der Waals surface area contributed by atoms with Crippen LogP contribution in [-0.2, 0) is 6.42 Å². The number of carbonyl (C=O) groups is 1. The highest BCUT2D eigenvalue weighted by molar-refractivity contribution is 14.1. The summed E-state index contributed by atoms with van der Waals surface area (Å²) in [7, 11) is 0. The van der Waals surface area contributed by atoms with E-state index < -0.39 is 0 Å². The van der Waals surface area contributed by atoms with E-state index in [0.29, 0.717) is 17.7 Å². The van der Waals surface area contributed by atoms with Gasteiger partial charge in [0.15, 0.2) is 5.78 Å². The molecule has 0 radical (unpaired) electrons. The summed E-state index contributed by atoms with van der Waals surface area (Å²) in [6.45, 7) is 10.3. The third-order valence-corrected chi connectivity index (χ3v) is 7.25. The quantitative estimate of drug-likeness (QED) is 0.138. The Labute approximate surface area is 224 Å². The Morgan fingerprint density at radius 3 is 2.27 bits per heavy atom. The van der Waals surface area contributed by atoms with Crippen LogP contribution in [-0.4, -0.2) is 36.9 Å². The van der Waals surface area contributed by atoms with E-state index in [9.17, 15) is 4.79 Å². The minimum Gasteiger partial charge on any atom is -0.490 e. The Morgan fingerprint density at radius 2 is 1.64 bits per heavy atom. The molecule has 0 saturated carbocycles. The van der Waals surface area contributed by atoms with E-state index in [1.807, 2.05) is 36.4 Å². The van der Waals surface area contributed by atoms with E-state index in [-0.39, 0.29) is 5.78 Å². The summed E-state index contributed by atoms with van der Waals surface area (Å²) >= 11 is 4.57. The van der Waals surface area contributed by atoms with Crippen molar-refractivity contribution in [2.45, 2.75) is 52.9 Å². The normalized spacial score (nSPS) is 11.5. The molecular weight excluding hydrogens is 640 g/mol. The van der Waals surface area contributed by atoms with Crippen molar-refractivity contribution in [1.29, 1.82) is 0 Å². The average molecular weight is 673 g/mol. The second-order valence-corrected chi connectivity index (χ2v) is 10.6. The molecule has 0 aliphatic rings. The van der Waals surface area contributed by atoms with Crippen molar-refractivity contribution in [3.63, 3.8) is 0 Å². The predicted octanol–water partition coefficient (Wildman–Crippen LogP) is 7.72. The number of ether oxygens (including phenoxy) is 1. The number of hydrogen-bond donors (Lipinski definition) is 0. The van der Waals surface area contributed by atoms with Crippen LogP contribution in [0.2, 0.25) is 0 Å². The Bertz CT molecular complexity index is 1050. The lowest BCUT2D eigenvalue weighted by Crippen LogP contribution is -2.30. The maximum Gasteiger partial charge on any atom is 0.197 e. The molecule has 4 nitrogen and oxygen atoms in total. The molecule has 3 rings (SSSR count). The van der Waals surface area contributed by atoms with Gasteiger partial charge in [-0.2, -0.15) is 0 Å². The Balaban J connectivity index is 1.83. The van der Waals surface area contributed by atoms with Gasteiger partial charge in [0.25, 0.3) is 0 Å². The number of aryl methyl sites for hydroxylation is 1. The molecule has 178 valence electrons. The maximum absolute atomic E-state index is 13.7. The minimum atomic E-state index is 0.0190. The zero-order chi connectivity index (χ0) is 23.8. The smallest absolute Gasteiger partial charge is 0.197 e. The maximum atomic E-state index is 13.7. The van der Waals surface area contributed by atoms with Crippen molar-refractivity contribution in [3.05, 3.63) is 60.4 Å². The van der Waals surface area contributed by atoms with Crippen LogP contribution in [0, 0.1) is 7.14 Å². The van der Waals surface area contributed by atoms with Crippen molar-refractivity contribution < 1.29 is 13.9 Å². The zero-order valence-corrected chi connectivity index (χ0v) is 24.1. The Hall–Kier alpha value is -1.13. The molecule has 1 aromatic heterocycles. The molecule has 0 unspecified atom stereocenters. The van der Waals surface area contributed by atoms with Gasteiger partial charge >= 0.3 is 0 Å². The van der Waals surface area contributed by atoms with Crippen molar-refractivity contribution in [3.8, 4) is 5.75 Å². The van der Waals surface area contributed by atoms with Crippen molar-refractivity contribution >= 4 is 61.9 Å². The number of para-hydroxylation sites is 1. The molecule has 0 aliphatic heterocycles. The number of nitrogens with zero attached hydrogens (tertiary/aromatic N) is 1. The van der Waals surface area contributed by atoms with Gasteiger partial charge in [-0.05, 0) is 95.7 Å². The molecule has 0 fully saturated rings. The summed E-state index contributed by atoms with van der Waals surface area (Å²) in [5.41, 5.74) is 2.16. The third-order valence-electron chi connectivity index (χ3n) is 5.65.